The summed E-state index contributed by atoms with van der Waals surface area (Å²) in [5.41, 5.74) is 1.78. The van der Waals surface area contributed by atoms with Crippen LogP contribution in [0.2, 0.25) is 0 Å². The van der Waals surface area contributed by atoms with Gasteiger partial charge in [-0.2, -0.15) is 11.8 Å². The molecule has 1 aromatic heterocycles. The van der Waals surface area contributed by atoms with Gasteiger partial charge in [0.1, 0.15) is 11.5 Å². The van der Waals surface area contributed by atoms with Crippen molar-refractivity contribution in [2.45, 2.75) is 25.8 Å². The van der Waals surface area contributed by atoms with Crippen molar-refractivity contribution in [2.24, 2.45) is 0 Å². The highest BCUT2D eigenvalue weighted by Crippen LogP contribution is 2.24. The lowest BCUT2D eigenvalue weighted by Gasteiger charge is -2.40. The van der Waals surface area contributed by atoms with Gasteiger partial charge in [-0.25, -0.2) is 0 Å². The molecule has 26 heavy (non-hydrogen) atoms. The predicted octanol–water partition coefficient (Wildman–Crippen LogP) is 3.91. The Morgan fingerprint density at radius 2 is 1.69 bits per heavy atom. The van der Waals surface area contributed by atoms with E-state index in [1.807, 2.05) is 48.2 Å². The van der Waals surface area contributed by atoms with Gasteiger partial charge >= 0.3 is 0 Å². The number of carbonyl (C=O) groups excluding carboxylic acids is 1. The number of benzene rings is 1. The van der Waals surface area contributed by atoms with Crippen LogP contribution in [0.1, 0.15) is 29.0 Å². The van der Waals surface area contributed by atoms with Crippen LogP contribution in [-0.4, -0.2) is 59.4 Å². The molecule has 4 nitrogen and oxygen atoms in total. The molecule has 0 aliphatic carbocycles. The van der Waals surface area contributed by atoms with E-state index in [2.05, 4.69) is 16.7 Å². The molecule has 0 bridgehead atoms. The van der Waals surface area contributed by atoms with Crippen LogP contribution in [0.25, 0.3) is 11.3 Å². The van der Waals surface area contributed by atoms with E-state index in [1.54, 1.807) is 0 Å². The van der Waals surface area contributed by atoms with E-state index in [9.17, 15) is 4.79 Å². The number of hydrogen-bond acceptors (Lipinski definition) is 4. The summed E-state index contributed by atoms with van der Waals surface area (Å²) in [7, 11) is 0. The highest BCUT2D eigenvalue weighted by atomic mass is 32.2. The minimum atomic E-state index is 0.153. The molecule has 0 N–H and O–H groups in total. The van der Waals surface area contributed by atoms with Gasteiger partial charge in [-0.05, 0) is 44.0 Å². The van der Waals surface area contributed by atoms with E-state index < -0.39 is 0 Å². The molecule has 4 rings (SSSR count). The van der Waals surface area contributed by atoms with Gasteiger partial charge < -0.3 is 9.32 Å². The molecule has 2 fully saturated rings. The summed E-state index contributed by atoms with van der Waals surface area (Å²) in [6.45, 7) is 6.08. The Morgan fingerprint density at radius 3 is 2.31 bits per heavy atom. The summed E-state index contributed by atoms with van der Waals surface area (Å²) in [5, 5.41) is 0. The summed E-state index contributed by atoms with van der Waals surface area (Å²) in [6.07, 6.45) is 2.19. The molecule has 0 unspecified atom stereocenters. The smallest absolute Gasteiger partial charge is 0.253 e. The van der Waals surface area contributed by atoms with Crippen LogP contribution < -0.4 is 0 Å². The average molecular weight is 371 g/mol. The maximum Gasteiger partial charge on any atom is 0.253 e. The molecule has 2 aliphatic heterocycles. The van der Waals surface area contributed by atoms with E-state index in [4.69, 9.17) is 4.42 Å². The number of nitrogens with zero attached hydrogens (tertiary/aromatic N) is 2. The second-order valence-corrected chi connectivity index (χ2v) is 8.38. The number of aryl methyl sites for hydroxylation is 1. The number of furan rings is 1. The Morgan fingerprint density at radius 1 is 1.00 bits per heavy atom. The van der Waals surface area contributed by atoms with Crippen LogP contribution in [0.3, 0.4) is 0 Å². The molecule has 2 saturated heterocycles. The fourth-order valence-corrected chi connectivity index (χ4v) is 4.86. The molecule has 1 aromatic carbocycles. The average Bonchev–Trinajstić information content (AvgIpc) is 3.15. The summed E-state index contributed by atoms with van der Waals surface area (Å²) in [5.74, 6) is 4.40. The van der Waals surface area contributed by atoms with E-state index in [-0.39, 0.29) is 5.91 Å². The lowest BCUT2D eigenvalue weighted by atomic mass is 10.0. The van der Waals surface area contributed by atoms with Gasteiger partial charge in [0.05, 0.1) is 0 Å². The molecule has 3 heterocycles. The molecule has 0 saturated carbocycles. The number of amides is 1. The maximum absolute atomic E-state index is 12.8. The number of carbonyl (C=O) groups is 1. The van der Waals surface area contributed by atoms with Crippen LogP contribution in [-0.2, 0) is 0 Å². The van der Waals surface area contributed by atoms with Gasteiger partial charge in [-0.3, -0.25) is 9.69 Å². The van der Waals surface area contributed by atoms with Gasteiger partial charge in [0.15, 0.2) is 0 Å². The first kappa shape index (κ1) is 17.7. The quantitative estimate of drug-likeness (QED) is 0.821. The third-order valence-electron chi connectivity index (χ3n) is 5.47. The zero-order chi connectivity index (χ0) is 17.9. The largest absolute Gasteiger partial charge is 0.461 e. The van der Waals surface area contributed by atoms with Crippen molar-refractivity contribution in [1.82, 2.24) is 9.80 Å². The van der Waals surface area contributed by atoms with Gasteiger partial charge in [-0.15, -0.1) is 0 Å². The Labute approximate surface area is 159 Å². The van der Waals surface area contributed by atoms with Gasteiger partial charge in [0.25, 0.3) is 5.91 Å². The van der Waals surface area contributed by atoms with E-state index >= 15 is 0 Å². The molecule has 0 radical (unpaired) electrons. The van der Waals surface area contributed by atoms with E-state index in [0.29, 0.717) is 6.04 Å². The summed E-state index contributed by atoms with van der Waals surface area (Å²) >= 11 is 2.05. The predicted molar refractivity (Wildman–Crippen MR) is 107 cm³/mol. The normalized spacial score (nSPS) is 19.7. The zero-order valence-corrected chi connectivity index (χ0v) is 16.1. The number of piperidine rings is 1. The molecule has 0 atom stereocenters. The number of hydrogen-bond donors (Lipinski definition) is 0. The number of rotatable bonds is 3. The first-order valence-corrected chi connectivity index (χ1v) is 10.6. The second-order valence-electron chi connectivity index (χ2n) is 7.16. The topological polar surface area (TPSA) is 36.7 Å². The Kier molecular flexibility index (Phi) is 5.36. The fourth-order valence-electron chi connectivity index (χ4n) is 3.93. The van der Waals surface area contributed by atoms with Gasteiger partial charge in [0.2, 0.25) is 0 Å². The summed E-state index contributed by atoms with van der Waals surface area (Å²) in [4.78, 5) is 17.5. The third kappa shape index (κ3) is 3.84. The minimum absolute atomic E-state index is 0.153. The lowest BCUT2D eigenvalue weighted by molar-refractivity contribution is 0.0631. The van der Waals surface area contributed by atoms with Crippen molar-refractivity contribution < 1.29 is 9.21 Å². The monoisotopic (exact) mass is 370 g/mol. The Hall–Kier alpha value is -1.72. The Balaban J connectivity index is 1.36. The molecule has 5 heteroatoms. The van der Waals surface area contributed by atoms with Crippen molar-refractivity contribution in [3.05, 3.63) is 47.7 Å². The lowest BCUT2D eigenvalue weighted by Crippen LogP contribution is -2.49. The molecule has 2 aromatic rings. The second kappa shape index (κ2) is 7.89. The first-order valence-electron chi connectivity index (χ1n) is 9.48. The van der Waals surface area contributed by atoms with E-state index in [0.717, 1.165) is 48.6 Å². The van der Waals surface area contributed by atoms with Crippen LogP contribution in [0.15, 0.2) is 40.8 Å². The van der Waals surface area contributed by atoms with Gasteiger partial charge in [-0.1, -0.05) is 12.1 Å². The summed E-state index contributed by atoms with van der Waals surface area (Å²) < 4.78 is 5.65. The van der Waals surface area contributed by atoms with Crippen LogP contribution in [0.4, 0.5) is 0 Å². The standard InChI is InChI=1S/C21H26N2O2S/c1-16-2-7-20(25-16)17-3-5-18(6-4-17)21(24)23-10-8-19(9-11-23)22-12-14-26-15-13-22/h2-7,19H,8-15H2,1H3. The molecular weight excluding hydrogens is 344 g/mol. The number of thioether (sulfide) groups is 1. The highest BCUT2D eigenvalue weighted by Gasteiger charge is 2.28. The van der Waals surface area contributed by atoms with Gasteiger partial charge in [0, 0.05) is 54.9 Å². The molecule has 138 valence electrons. The first-order chi connectivity index (χ1) is 12.7. The van der Waals surface area contributed by atoms with Crippen molar-refractivity contribution in [3.8, 4) is 11.3 Å². The fraction of sp³-hybridized carbons (Fsp3) is 0.476. The molecule has 0 spiro atoms. The van der Waals surface area contributed by atoms with E-state index in [1.165, 1.54) is 24.6 Å². The SMILES string of the molecule is Cc1ccc(-c2ccc(C(=O)N3CCC(N4CCSCC4)CC3)cc2)o1. The maximum atomic E-state index is 12.8. The van der Waals surface area contributed by atoms with Crippen LogP contribution in [0, 0.1) is 6.92 Å². The highest BCUT2D eigenvalue weighted by molar-refractivity contribution is 7.99. The van der Waals surface area contributed by atoms with Crippen LogP contribution in [0.5, 0.6) is 0 Å². The molecule has 2 aliphatic rings. The molecular formula is C21H26N2O2S. The third-order valence-corrected chi connectivity index (χ3v) is 6.41. The zero-order valence-electron chi connectivity index (χ0n) is 15.3. The van der Waals surface area contributed by atoms with Crippen LogP contribution >= 0.6 is 11.8 Å². The Bertz CT molecular complexity index is 742. The van der Waals surface area contributed by atoms with Crippen molar-refractivity contribution in [3.63, 3.8) is 0 Å². The minimum Gasteiger partial charge on any atom is -0.461 e. The molecule has 1 amide bonds. The number of likely N-dealkylation sites (tertiary alicyclic amines) is 1. The van der Waals surface area contributed by atoms with Crippen molar-refractivity contribution in [2.75, 3.05) is 37.7 Å². The summed E-state index contributed by atoms with van der Waals surface area (Å²) in [6, 6.07) is 12.4. The van der Waals surface area contributed by atoms with Crippen molar-refractivity contribution in [1.29, 1.82) is 0 Å². The van der Waals surface area contributed by atoms with Crippen molar-refractivity contribution >= 4 is 17.7 Å².